The van der Waals surface area contributed by atoms with Gasteiger partial charge in [-0.15, -0.1) is 0 Å². The van der Waals surface area contributed by atoms with Crippen LogP contribution in [0.3, 0.4) is 0 Å². The van der Waals surface area contributed by atoms with Crippen molar-refractivity contribution in [3.8, 4) is 0 Å². The zero-order valence-corrected chi connectivity index (χ0v) is 11.8. The molecule has 7 heteroatoms. The van der Waals surface area contributed by atoms with Gasteiger partial charge in [-0.05, 0) is 30.4 Å². The van der Waals surface area contributed by atoms with Crippen molar-refractivity contribution in [3.05, 3.63) is 41.9 Å². The van der Waals surface area contributed by atoms with Crippen molar-refractivity contribution < 1.29 is 14.3 Å². The highest BCUT2D eigenvalue weighted by molar-refractivity contribution is 5.84. The highest BCUT2D eigenvalue weighted by Gasteiger charge is 2.45. The van der Waals surface area contributed by atoms with Crippen LogP contribution >= 0.6 is 0 Å². The first-order valence-corrected chi connectivity index (χ1v) is 7.25. The van der Waals surface area contributed by atoms with Crippen LogP contribution in [0.25, 0.3) is 0 Å². The number of anilines is 1. The molecule has 22 heavy (non-hydrogen) atoms. The van der Waals surface area contributed by atoms with E-state index in [0.29, 0.717) is 11.4 Å². The second-order valence-corrected chi connectivity index (χ2v) is 6.02. The molecule has 114 valence electrons. The Balaban J connectivity index is 1.50. The van der Waals surface area contributed by atoms with Crippen LogP contribution in [-0.2, 0) is 6.54 Å². The summed E-state index contributed by atoms with van der Waals surface area (Å²) < 4.78 is 15.7. The maximum Gasteiger partial charge on any atom is 0.356 e. The zero-order valence-electron chi connectivity index (χ0n) is 11.8. The second kappa shape index (κ2) is 4.79. The number of carboxylic acids is 1. The number of hydrogen-bond acceptors (Lipinski definition) is 4. The molecule has 2 aromatic heterocycles. The van der Waals surface area contributed by atoms with Crippen LogP contribution in [0.1, 0.15) is 22.5 Å². The Kier molecular flexibility index (Phi) is 2.88. The lowest BCUT2D eigenvalue weighted by Crippen LogP contribution is -2.23. The zero-order chi connectivity index (χ0) is 15.3. The smallest absolute Gasteiger partial charge is 0.356 e. The molecule has 1 aliphatic carbocycles. The fourth-order valence-corrected chi connectivity index (χ4v) is 3.09. The molecule has 2 atom stereocenters. The minimum absolute atomic E-state index is 0.0544. The summed E-state index contributed by atoms with van der Waals surface area (Å²) in [6.07, 6.45) is 4.05. The number of aromatic carboxylic acids is 1. The first kappa shape index (κ1) is 13.2. The van der Waals surface area contributed by atoms with Gasteiger partial charge < -0.3 is 14.6 Å². The number of nitrogens with zero attached hydrogens (tertiary/aromatic N) is 4. The molecule has 1 saturated carbocycles. The van der Waals surface area contributed by atoms with Crippen molar-refractivity contribution in [1.29, 1.82) is 0 Å². The first-order chi connectivity index (χ1) is 10.6. The average molecular weight is 302 g/mol. The summed E-state index contributed by atoms with van der Waals surface area (Å²) in [5, 5.41) is 8.83. The Bertz CT molecular complexity index is 735. The number of pyridine rings is 1. The van der Waals surface area contributed by atoms with Crippen LogP contribution < -0.4 is 4.90 Å². The molecule has 1 N–H and O–H groups in total. The highest BCUT2D eigenvalue weighted by Crippen LogP contribution is 2.45. The molecular weight excluding hydrogens is 287 g/mol. The van der Waals surface area contributed by atoms with Crippen molar-refractivity contribution in [2.24, 2.45) is 11.8 Å². The summed E-state index contributed by atoms with van der Waals surface area (Å²) >= 11 is 0. The van der Waals surface area contributed by atoms with Crippen molar-refractivity contribution in [1.82, 2.24) is 14.5 Å². The summed E-state index contributed by atoms with van der Waals surface area (Å²) in [6.45, 7) is 2.16. The molecule has 2 aromatic rings. The van der Waals surface area contributed by atoms with E-state index in [4.69, 9.17) is 5.11 Å². The van der Waals surface area contributed by atoms with Gasteiger partial charge in [0.1, 0.15) is 5.82 Å². The third kappa shape index (κ3) is 2.32. The molecule has 2 fully saturated rings. The van der Waals surface area contributed by atoms with Gasteiger partial charge in [0.2, 0.25) is 5.95 Å². The predicted octanol–water partition coefficient (Wildman–Crippen LogP) is 1.62. The molecule has 6 nitrogen and oxygen atoms in total. The van der Waals surface area contributed by atoms with Crippen molar-refractivity contribution >= 4 is 11.8 Å². The third-order valence-electron chi connectivity index (χ3n) is 4.42. The summed E-state index contributed by atoms with van der Waals surface area (Å²) in [4.78, 5) is 20.7. The minimum Gasteiger partial charge on any atom is -0.476 e. The van der Waals surface area contributed by atoms with Gasteiger partial charge in [0, 0.05) is 24.8 Å². The molecule has 0 bridgehead atoms. The van der Waals surface area contributed by atoms with Gasteiger partial charge in [0.25, 0.3) is 0 Å². The molecule has 2 aliphatic rings. The van der Waals surface area contributed by atoms with E-state index in [1.807, 2.05) is 6.07 Å². The SMILES string of the molecule is O=C(O)c1cn(Cc2ccc(N3CC4CC4C3)nc2F)cn1. The number of piperidine rings is 1. The van der Waals surface area contributed by atoms with Crippen LogP contribution in [0.2, 0.25) is 0 Å². The number of fused-ring (bicyclic) bond motifs is 1. The first-order valence-electron chi connectivity index (χ1n) is 7.25. The van der Waals surface area contributed by atoms with Crippen LogP contribution in [0, 0.1) is 17.8 Å². The van der Waals surface area contributed by atoms with Gasteiger partial charge in [0.05, 0.1) is 12.9 Å². The molecule has 2 unspecified atom stereocenters. The van der Waals surface area contributed by atoms with Crippen molar-refractivity contribution in [2.45, 2.75) is 13.0 Å². The van der Waals surface area contributed by atoms with Gasteiger partial charge in [-0.3, -0.25) is 0 Å². The van der Waals surface area contributed by atoms with E-state index in [2.05, 4.69) is 14.9 Å². The van der Waals surface area contributed by atoms with Gasteiger partial charge in [-0.2, -0.15) is 4.39 Å². The van der Waals surface area contributed by atoms with E-state index in [9.17, 15) is 9.18 Å². The number of halogens is 1. The standard InChI is InChI=1S/C15H15FN4O2/c16-14-9(4-19-7-12(15(21)22)17-8-19)1-2-13(18-14)20-5-10-3-11(10)6-20/h1-2,7-8,10-11H,3-6H2,(H,21,22). The summed E-state index contributed by atoms with van der Waals surface area (Å²) in [5.41, 5.74) is 0.365. The number of imidazole rings is 1. The molecule has 0 spiro atoms. The number of aromatic nitrogens is 3. The fraction of sp³-hybridized carbons (Fsp3) is 0.400. The average Bonchev–Trinajstić information content (AvgIpc) is 2.89. The van der Waals surface area contributed by atoms with E-state index in [-0.39, 0.29) is 12.2 Å². The topological polar surface area (TPSA) is 71.2 Å². The third-order valence-corrected chi connectivity index (χ3v) is 4.42. The number of hydrogen-bond donors (Lipinski definition) is 1. The number of carbonyl (C=O) groups is 1. The van der Waals surface area contributed by atoms with Crippen LogP contribution in [0.15, 0.2) is 24.7 Å². The maximum atomic E-state index is 14.2. The van der Waals surface area contributed by atoms with Crippen molar-refractivity contribution in [2.75, 3.05) is 18.0 Å². The predicted molar refractivity (Wildman–Crippen MR) is 76.3 cm³/mol. The molecule has 3 heterocycles. The monoisotopic (exact) mass is 302 g/mol. The lowest BCUT2D eigenvalue weighted by atomic mass is 10.2. The number of rotatable bonds is 4. The summed E-state index contributed by atoms with van der Waals surface area (Å²) in [7, 11) is 0. The lowest BCUT2D eigenvalue weighted by Gasteiger charge is -2.19. The minimum atomic E-state index is -1.10. The van der Waals surface area contributed by atoms with Gasteiger partial charge in [0.15, 0.2) is 5.69 Å². The largest absolute Gasteiger partial charge is 0.476 e. The Hall–Kier alpha value is -2.44. The van der Waals surface area contributed by atoms with Gasteiger partial charge >= 0.3 is 5.97 Å². The Morgan fingerprint density at radius 2 is 2.14 bits per heavy atom. The lowest BCUT2D eigenvalue weighted by molar-refractivity contribution is 0.0691. The highest BCUT2D eigenvalue weighted by atomic mass is 19.1. The van der Waals surface area contributed by atoms with Gasteiger partial charge in [-0.25, -0.2) is 14.8 Å². The van der Waals surface area contributed by atoms with E-state index in [1.165, 1.54) is 23.5 Å². The molecule has 4 rings (SSSR count). The molecular formula is C15H15FN4O2. The van der Waals surface area contributed by atoms with Gasteiger partial charge in [-0.1, -0.05) is 0 Å². The summed E-state index contributed by atoms with van der Waals surface area (Å²) in [5.74, 6) is 0.615. The van der Waals surface area contributed by atoms with Crippen LogP contribution in [0.5, 0.6) is 0 Å². The molecule has 0 aromatic carbocycles. The normalized spacial score (nSPS) is 22.7. The van der Waals surface area contributed by atoms with Crippen LogP contribution in [0.4, 0.5) is 10.2 Å². The van der Waals surface area contributed by atoms with Crippen molar-refractivity contribution in [3.63, 3.8) is 0 Å². The second-order valence-electron chi connectivity index (χ2n) is 6.02. The fourth-order valence-electron chi connectivity index (χ4n) is 3.09. The number of carboxylic acid groups (broad SMARTS) is 1. The Labute approximate surface area is 126 Å². The van der Waals surface area contributed by atoms with E-state index in [1.54, 1.807) is 6.07 Å². The Morgan fingerprint density at radius 3 is 2.77 bits per heavy atom. The van der Waals surface area contributed by atoms with E-state index in [0.717, 1.165) is 24.9 Å². The van der Waals surface area contributed by atoms with E-state index < -0.39 is 11.9 Å². The maximum absolute atomic E-state index is 14.2. The summed E-state index contributed by atoms with van der Waals surface area (Å²) in [6, 6.07) is 3.54. The molecule has 0 amide bonds. The molecule has 1 saturated heterocycles. The van der Waals surface area contributed by atoms with E-state index >= 15 is 0 Å². The van der Waals surface area contributed by atoms with Crippen LogP contribution in [-0.4, -0.2) is 38.7 Å². The molecule has 1 aliphatic heterocycles. The Morgan fingerprint density at radius 1 is 1.36 bits per heavy atom. The quantitative estimate of drug-likeness (QED) is 0.869. The molecule has 0 radical (unpaired) electrons.